The van der Waals surface area contributed by atoms with E-state index in [0.717, 1.165) is 6.54 Å². The molecule has 0 aliphatic carbocycles. The first-order chi connectivity index (χ1) is 12.3. The molecule has 26 heavy (non-hydrogen) atoms. The zero-order valence-corrected chi connectivity index (χ0v) is 15.7. The molecule has 0 saturated carbocycles. The molecule has 1 aliphatic rings. The first kappa shape index (κ1) is 19.8. The van der Waals surface area contributed by atoms with Gasteiger partial charge in [0.2, 0.25) is 0 Å². The number of phenolic OH excluding ortho intramolecular Hbond substituents is 1. The average Bonchev–Trinajstić information content (AvgIpc) is 2.85. The van der Waals surface area contributed by atoms with Gasteiger partial charge in [0.1, 0.15) is 0 Å². The van der Waals surface area contributed by atoms with Gasteiger partial charge in [0.25, 0.3) is 5.91 Å². The number of amides is 1. The minimum absolute atomic E-state index is 0.0830. The number of aromatic hydroxyl groups is 1. The van der Waals surface area contributed by atoms with Gasteiger partial charge < -0.3 is 24.7 Å². The van der Waals surface area contributed by atoms with E-state index in [0.29, 0.717) is 24.3 Å². The number of nitrogens with zero attached hydrogens (tertiary/aromatic N) is 2. The summed E-state index contributed by atoms with van der Waals surface area (Å²) >= 11 is 0. The number of hydrogen-bond acceptors (Lipinski definition) is 6. The third-order valence-corrected chi connectivity index (χ3v) is 4.45. The van der Waals surface area contributed by atoms with Crippen molar-refractivity contribution in [3.05, 3.63) is 35.1 Å². The number of benzene rings is 1. The largest absolute Gasteiger partial charge is 0.504 e. The van der Waals surface area contributed by atoms with Gasteiger partial charge in [-0.05, 0) is 44.8 Å². The second-order valence-corrected chi connectivity index (χ2v) is 6.53. The molecule has 2 rings (SSSR count). The van der Waals surface area contributed by atoms with E-state index in [2.05, 4.69) is 0 Å². The molecule has 1 amide bonds. The number of hydrogen-bond donors (Lipinski definition) is 2. The molecule has 1 heterocycles. The van der Waals surface area contributed by atoms with E-state index in [1.165, 1.54) is 18.1 Å². The monoisotopic (exact) mass is 362 g/mol. The van der Waals surface area contributed by atoms with Crippen molar-refractivity contribution in [3.8, 4) is 11.5 Å². The molecule has 1 aromatic rings. The van der Waals surface area contributed by atoms with Gasteiger partial charge in [-0.25, -0.2) is 0 Å². The van der Waals surface area contributed by atoms with Gasteiger partial charge in [-0.15, -0.1) is 0 Å². The number of aliphatic hydroxyl groups excluding tert-OH is 1. The molecule has 7 heteroatoms. The number of carbonyl (C=O) groups excluding carboxylic acids is 2. The van der Waals surface area contributed by atoms with Crippen LogP contribution in [-0.4, -0.2) is 66.0 Å². The molecule has 0 bridgehead atoms. The zero-order chi connectivity index (χ0) is 19.4. The first-order valence-corrected chi connectivity index (χ1v) is 8.60. The van der Waals surface area contributed by atoms with E-state index in [9.17, 15) is 19.8 Å². The number of ketones is 1. The van der Waals surface area contributed by atoms with Crippen molar-refractivity contribution in [1.82, 2.24) is 9.80 Å². The van der Waals surface area contributed by atoms with Crippen LogP contribution >= 0.6 is 0 Å². The second kappa shape index (κ2) is 8.23. The normalized spacial score (nSPS) is 17.3. The molecule has 1 unspecified atom stereocenters. The number of Topliss-reactive ketones (excluding diaryl/α,β-unsaturated/α-hetero) is 1. The lowest BCUT2D eigenvalue weighted by atomic mass is 9.94. The Morgan fingerprint density at radius 3 is 2.54 bits per heavy atom. The molecule has 2 N–H and O–H groups in total. The van der Waals surface area contributed by atoms with E-state index < -0.39 is 17.7 Å². The number of ether oxygens (including phenoxy) is 1. The topological polar surface area (TPSA) is 90.3 Å². The lowest BCUT2D eigenvalue weighted by molar-refractivity contribution is -0.129. The predicted molar refractivity (Wildman–Crippen MR) is 97.2 cm³/mol. The number of aliphatic hydroxyl groups is 1. The van der Waals surface area contributed by atoms with Crippen molar-refractivity contribution in [2.75, 3.05) is 34.3 Å². The Bertz CT molecular complexity index is 727. The highest BCUT2D eigenvalue weighted by Crippen LogP contribution is 2.40. The third kappa shape index (κ3) is 3.83. The number of carbonyl (C=O) groups is 2. The van der Waals surface area contributed by atoms with Gasteiger partial charge >= 0.3 is 0 Å². The third-order valence-electron chi connectivity index (χ3n) is 4.45. The molecular weight excluding hydrogens is 336 g/mol. The summed E-state index contributed by atoms with van der Waals surface area (Å²) < 4.78 is 5.05. The molecule has 142 valence electrons. The number of methoxy groups -OCH3 is 1. The summed E-state index contributed by atoms with van der Waals surface area (Å²) in [4.78, 5) is 28.5. The molecular formula is C19H26N2O5. The molecule has 0 spiro atoms. The van der Waals surface area contributed by atoms with Gasteiger partial charge in [0, 0.05) is 13.0 Å². The Labute approximate surface area is 153 Å². The maximum atomic E-state index is 12.6. The van der Waals surface area contributed by atoms with Gasteiger partial charge in [0.05, 0.1) is 18.7 Å². The highest BCUT2D eigenvalue weighted by atomic mass is 16.5. The maximum absolute atomic E-state index is 12.6. The number of rotatable bonds is 8. The fourth-order valence-electron chi connectivity index (χ4n) is 3.14. The van der Waals surface area contributed by atoms with E-state index in [-0.39, 0.29) is 23.5 Å². The summed E-state index contributed by atoms with van der Waals surface area (Å²) in [6.07, 6.45) is 0.870. The summed E-state index contributed by atoms with van der Waals surface area (Å²) in [6, 6.07) is 4.03. The van der Waals surface area contributed by atoms with Crippen LogP contribution in [-0.2, 0) is 9.59 Å². The Hall–Kier alpha value is -2.54. The highest BCUT2D eigenvalue weighted by molar-refractivity contribution is 6.08. The van der Waals surface area contributed by atoms with E-state index in [4.69, 9.17) is 4.74 Å². The van der Waals surface area contributed by atoms with Crippen LogP contribution in [0.25, 0.3) is 0 Å². The minimum atomic E-state index is -0.714. The Morgan fingerprint density at radius 2 is 2.00 bits per heavy atom. The summed E-state index contributed by atoms with van der Waals surface area (Å²) in [5.41, 5.74) is 0.647. The number of phenols is 1. The lowest BCUT2D eigenvalue weighted by Crippen LogP contribution is -2.33. The SMILES string of the molecule is CCC(=O)C1=C(O)C(=O)N(CCCN(C)C)C1c1ccc(OC)c(O)c1. The van der Waals surface area contributed by atoms with Crippen molar-refractivity contribution in [1.29, 1.82) is 0 Å². The Morgan fingerprint density at radius 1 is 1.31 bits per heavy atom. The Kier molecular flexibility index (Phi) is 6.26. The van der Waals surface area contributed by atoms with Gasteiger partial charge in [-0.1, -0.05) is 13.0 Å². The van der Waals surface area contributed by atoms with Crippen molar-refractivity contribution in [2.45, 2.75) is 25.8 Å². The predicted octanol–water partition coefficient (Wildman–Crippen LogP) is 2.03. The second-order valence-electron chi connectivity index (χ2n) is 6.53. The molecule has 0 fully saturated rings. The molecule has 1 aliphatic heterocycles. The van der Waals surface area contributed by atoms with Gasteiger partial charge in [0.15, 0.2) is 23.0 Å². The fraction of sp³-hybridized carbons (Fsp3) is 0.474. The molecule has 1 aromatic carbocycles. The van der Waals surface area contributed by atoms with Crippen molar-refractivity contribution >= 4 is 11.7 Å². The lowest BCUT2D eigenvalue weighted by Gasteiger charge is -2.27. The molecule has 0 aromatic heterocycles. The van der Waals surface area contributed by atoms with Crippen LogP contribution in [0.2, 0.25) is 0 Å². The summed E-state index contributed by atoms with van der Waals surface area (Å²) in [7, 11) is 5.32. The standard InChI is InChI=1S/C19H26N2O5/c1-5-13(22)16-17(12-7-8-15(26-4)14(23)11-12)21(19(25)18(16)24)10-6-9-20(2)3/h7-8,11,17,23-24H,5-6,9-10H2,1-4H3. The van der Waals surface area contributed by atoms with Crippen LogP contribution in [0.3, 0.4) is 0 Å². The zero-order valence-electron chi connectivity index (χ0n) is 15.7. The summed E-state index contributed by atoms with van der Waals surface area (Å²) in [6.45, 7) is 2.84. The molecule has 1 atom stereocenters. The molecule has 0 radical (unpaired) electrons. The van der Waals surface area contributed by atoms with E-state index >= 15 is 0 Å². The first-order valence-electron chi connectivity index (χ1n) is 8.60. The maximum Gasteiger partial charge on any atom is 0.290 e. The fourth-order valence-corrected chi connectivity index (χ4v) is 3.14. The van der Waals surface area contributed by atoms with Crippen molar-refractivity contribution in [2.24, 2.45) is 0 Å². The van der Waals surface area contributed by atoms with E-state index in [1.807, 2.05) is 19.0 Å². The quantitative estimate of drug-likeness (QED) is 0.735. The van der Waals surface area contributed by atoms with Crippen LogP contribution in [0.5, 0.6) is 11.5 Å². The van der Waals surface area contributed by atoms with Gasteiger partial charge in [-0.2, -0.15) is 0 Å². The smallest absolute Gasteiger partial charge is 0.290 e. The van der Waals surface area contributed by atoms with Crippen molar-refractivity contribution in [3.63, 3.8) is 0 Å². The summed E-state index contributed by atoms with van der Waals surface area (Å²) in [5, 5.41) is 20.4. The van der Waals surface area contributed by atoms with Crippen LogP contribution in [0.1, 0.15) is 31.4 Å². The van der Waals surface area contributed by atoms with Crippen LogP contribution < -0.4 is 4.74 Å². The average molecular weight is 362 g/mol. The van der Waals surface area contributed by atoms with Crippen LogP contribution in [0, 0.1) is 0 Å². The highest BCUT2D eigenvalue weighted by Gasteiger charge is 2.42. The van der Waals surface area contributed by atoms with Crippen LogP contribution in [0.4, 0.5) is 0 Å². The minimum Gasteiger partial charge on any atom is -0.504 e. The van der Waals surface area contributed by atoms with Gasteiger partial charge in [-0.3, -0.25) is 9.59 Å². The Balaban J connectivity index is 2.43. The van der Waals surface area contributed by atoms with Crippen molar-refractivity contribution < 1.29 is 24.5 Å². The molecule has 0 saturated heterocycles. The van der Waals surface area contributed by atoms with E-state index in [1.54, 1.807) is 19.1 Å². The summed E-state index contributed by atoms with van der Waals surface area (Å²) in [5.74, 6) is -1.12. The van der Waals surface area contributed by atoms with Crippen LogP contribution in [0.15, 0.2) is 29.5 Å². The molecule has 7 nitrogen and oxygen atoms in total.